The summed E-state index contributed by atoms with van der Waals surface area (Å²) in [6.45, 7) is 2.52. The van der Waals surface area contributed by atoms with Gasteiger partial charge in [0.2, 0.25) is 0 Å². The van der Waals surface area contributed by atoms with E-state index in [0.717, 1.165) is 0 Å². The van der Waals surface area contributed by atoms with Gasteiger partial charge in [-0.1, -0.05) is 21.8 Å². The summed E-state index contributed by atoms with van der Waals surface area (Å²) in [5.74, 6) is 0. The van der Waals surface area contributed by atoms with E-state index in [1.165, 1.54) is 4.90 Å². The van der Waals surface area contributed by atoms with Gasteiger partial charge >= 0.3 is 16.4 Å². The average Bonchev–Trinajstić information content (AvgIpc) is 1.97. The fourth-order valence-corrected chi connectivity index (χ4v) is 2.62. The second-order valence-electron chi connectivity index (χ2n) is 3.39. The summed E-state index contributed by atoms with van der Waals surface area (Å²) in [6, 6.07) is -0.120. The Bertz CT molecular complexity index is 229. The molecule has 0 aromatic rings. The maximum absolute atomic E-state index is 10.7. The number of hydrogen-bond donors (Lipinski definition) is 5. The molecule has 0 atom stereocenters. The quantitative estimate of drug-likeness (QED) is 0.331. The van der Waals surface area contributed by atoms with Crippen molar-refractivity contribution in [2.45, 2.75) is 34.2 Å². The summed E-state index contributed by atoms with van der Waals surface area (Å²) >= 11 is 0. The number of rotatable bonds is 7. The Morgan fingerprint density at radius 2 is 1.65 bits per heavy atom. The maximum atomic E-state index is 10.7. The summed E-state index contributed by atoms with van der Waals surface area (Å²) in [5.41, 5.74) is 0. The molecule has 0 aromatic carbocycles. The zero-order valence-electron chi connectivity index (χ0n) is 8.57. The Morgan fingerprint density at radius 1 is 1.18 bits per heavy atom. The van der Waals surface area contributed by atoms with E-state index >= 15 is 0 Å². The first-order chi connectivity index (χ1) is 6.64. The van der Waals surface area contributed by atoms with E-state index in [0.29, 0.717) is 19.5 Å². The van der Waals surface area contributed by atoms with Crippen LogP contribution in [0.2, 0.25) is 6.04 Å². The first kappa shape index (κ1) is 22.4. The predicted octanol–water partition coefficient (Wildman–Crippen LogP) is 0.0216. The molecule has 0 saturated heterocycles. The smallest absolute Gasteiger partial charge is 0.390 e. The van der Waals surface area contributed by atoms with Crippen molar-refractivity contribution in [1.29, 1.82) is 0 Å². The van der Waals surface area contributed by atoms with Crippen LogP contribution in [0.25, 0.3) is 0 Å². The second kappa shape index (κ2) is 9.18. The minimum atomic E-state index is -4.07. The molecule has 0 aliphatic heterocycles. The summed E-state index contributed by atoms with van der Waals surface area (Å²) in [4.78, 5) is 45.1. The molecule has 0 amide bonds. The molecule has 0 radical (unpaired) electrons. The standard InChI is InChI=1S/C6H18NO6PSi.2CH4/c1-2-7(6-14(8,9)10)4-3-5-15(11,12)13;;/h11-13H,2-6H2,1H3,(H2,8,9,10);2*1H4. The molecule has 0 unspecified atom stereocenters. The van der Waals surface area contributed by atoms with Crippen molar-refractivity contribution in [2.24, 2.45) is 0 Å². The monoisotopic (exact) mass is 291 g/mol. The van der Waals surface area contributed by atoms with E-state index in [9.17, 15) is 4.57 Å². The lowest BCUT2D eigenvalue weighted by Crippen LogP contribution is -2.36. The number of hydrogen-bond acceptors (Lipinski definition) is 5. The highest BCUT2D eigenvalue weighted by molar-refractivity contribution is 7.51. The molecule has 0 bridgehead atoms. The van der Waals surface area contributed by atoms with Crippen molar-refractivity contribution in [2.75, 3.05) is 19.4 Å². The van der Waals surface area contributed by atoms with Crippen LogP contribution in [0, 0.1) is 0 Å². The van der Waals surface area contributed by atoms with Gasteiger partial charge in [0.15, 0.2) is 0 Å². The summed E-state index contributed by atoms with van der Waals surface area (Å²) in [6.07, 6.45) is -0.0517. The van der Waals surface area contributed by atoms with Gasteiger partial charge in [-0.2, -0.15) is 0 Å². The van der Waals surface area contributed by atoms with Gasteiger partial charge < -0.3 is 24.2 Å². The zero-order chi connectivity index (χ0) is 12.1. The molecule has 0 fully saturated rings. The molecule has 5 N–H and O–H groups in total. The van der Waals surface area contributed by atoms with Crippen molar-refractivity contribution in [3.8, 4) is 0 Å². The van der Waals surface area contributed by atoms with Crippen molar-refractivity contribution in [1.82, 2.24) is 4.90 Å². The van der Waals surface area contributed by atoms with Gasteiger partial charge in [-0.15, -0.1) is 0 Å². The summed E-state index contributed by atoms with van der Waals surface area (Å²) < 4.78 is 10.7. The molecular weight excluding hydrogens is 265 g/mol. The van der Waals surface area contributed by atoms with Crippen LogP contribution in [-0.2, 0) is 4.57 Å². The molecule has 0 aliphatic carbocycles. The highest BCUT2D eigenvalue weighted by Crippen LogP contribution is 2.34. The highest BCUT2D eigenvalue weighted by atomic mass is 31.2. The molecule has 17 heavy (non-hydrogen) atoms. The van der Waals surface area contributed by atoms with Crippen LogP contribution in [-0.4, -0.2) is 57.3 Å². The zero-order valence-corrected chi connectivity index (χ0v) is 10.5. The molecule has 0 saturated carbocycles. The fourth-order valence-electron chi connectivity index (χ4n) is 1.13. The highest BCUT2D eigenvalue weighted by Gasteiger charge is 2.26. The molecule has 0 aliphatic rings. The Morgan fingerprint density at radius 3 is 1.94 bits per heavy atom. The Kier molecular flexibility index (Phi) is 12.1. The lowest BCUT2D eigenvalue weighted by Gasteiger charge is -2.21. The average molecular weight is 291 g/mol. The Hall–Kier alpha value is 0.207. The van der Waals surface area contributed by atoms with Gasteiger partial charge in [0, 0.05) is 6.04 Å². The predicted molar refractivity (Wildman–Crippen MR) is 69.5 cm³/mol. The minimum Gasteiger partial charge on any atom is -0.390 e. The first-order valence-corrected chi connectivity index (χ1v) is 8.43. The summed E-state index contributed by atoms with van der Waals surface area (Å²) in [7, 11) is -8.09. The second-order valence-corrected chi connectivity index (χ2v) is 7.06. The molecule has 108 valence electrons. The fraction of sp³-hybridized carbons (Fsp3) is 1.00. The van der Waals surface area contributed by atoms with Crippen LogP contribution in [0.4, 0.5) is 0 Å². The molecule has 0 spiro atoms. The van der Waals surface area contributed by atoms with Crippen LogP contribution in [0.3, 0.4) is 0 Å². The van der Waals surface area contributed by atoms with E-state index in [4.69, 9.17) is 24.2 Å². The van der Waals surface area contributed by atoms with Crippen molar-refractivity contribution in [3.05, 3.63) is 0 Å². The molecule has 0 aromatic heterocycles. The van der Waals surface area contributed by atoms with Crippen LogP contribution in [0.5, 0.6) is 0 Å². The molecule has 0 heterocycles. The van der Waals surface area contributed by atoms with Crippen molar-refractivity contribution in [3.63, 3.8) is 0 Å². The first-order valence-electron chi connectivity index (χ1n) is 4.58. The van der Waals surface area contributed by atoms with Gasteiger partial charge in [-0.05, 0) is 19.5 Å². The lowest BCUT2D eigenvalue weighted by molar-refractivity contribution is 0.221. The van der Waals surface area contributed by atoms with Gasteiger partial charge in [0.1, 0.15) is 6.29 Å². The largest absolute Gasteiger partial charge is 0.492 e. The number of nitrogens with zero attached hydrogens (tertiary/aromatic N) is 1. The summed E-state index contributed by atoms with van der Waals surface area (Å²) in [5, 5.41) is 0. The van der Waals surface area contributed by atoms with Gasteiger partial charge in [-0.3, -0.25) is 9.46 Å². The third kappa shape index (κ3) is 16.2. The molecule has 0 rings (SSSR count). The van der Waals surface area contributed by atoms with E-state index in [-0.39, 0.29) is 27.2 Å². The van der Waals surface area contributed by atoms with Gasteiger partial charge in [-0.25, -0.2) is 0 Å². The Labute approximate surface area is 104 Å². The SMILES string of the molecule is C.C.CCN(CCC[Si](O)(O)O)CP(=O)(O)O. The van der Waals surface area contributed by atoms with Crippen LogP contribution >= 0.6 is 7.60 Å². The third-order valence-corrected chi connectivity index (χ3v) is 3.61. The van der Waals surface area contributed by atoms with E-state index in [1.807, 2.05) is 0 Å². The van der Waals surface area contributed by atoms with Crippen molar-refractivity contribution >= 4 is 16.4 Å². The molecular formula is C8H26NO6PSi. The topological polar surface area (TPSA) is 121 Å². The third-order valence-electron chi connectivity index (χ3n) is 1.82. The van der Waals surface area contributed by atoms with Gasteiger partial charge in [0.05, 0.1) is 0 Å². The molecule has 9 heteroatoms. The van der Waals surface area contributed by atoms with Crippen LogP contribution in [0.1, 0.15) is 28.2 Å². The van der Waals surface area contributed by atoms with E-state index in [2.05, 4.69) is 0 Å². The van der Waals surface area contributed by atoms with Crippen LogP contribution < -0.4 is 0 Å². The minimum absolute atomic E-state index is 0. The van der Waals surface area contributed by atoms with Crippen LogP contribution in [0.15, 0.2) is 0 Å². The van der Waals surface area contributed by atoms with Gasteiger partial charge in [0.25, 0.3) is 0 Å². The maximum Gasteiger partial charge on any atom is 0.492 e. The van der Waals surface area contributed by atoms with E-state index in [1.54, 1.807) is 6.92 Å². The normalized spacial score (nSPS) is 11.9. The van der Waals surface area contributed by atoms with E-state index < -0.39 is 16.4 Å². The van der Waals surface area contributed by atoms with Crippen molar-refractivity contribution < 1.29 is 28.7 Å². The lowest BCUT2D eigenvalue weighted by atomic mass is 10.4. The molecule has 7 nitrogen and oxygen atoms in total. The Balaban J connectivity index is -0.000000980.